The van der Waals surface area contributed by atoms with Crippen molar-refractivity contribution in [1.29, 1.82) is 0 Å². The molecule has 3 rings (SSSR count). The third-order valence-corrected chi connectivity index (χ3v) is 8.67. The molecule has 0 saturated heterocycles. The van der Waals surface area contributed by atoms with Gasteiger partial charge < -0.3 is 10.2 Å². The van der Waals surface area contributed by atoms with E-state index in [4.69, 9.17) is 23.2 Å². The van der Waals surface area contributed by atoms with E-state index in [9.17, 15) is 22.4 Å². The van der Waals surface area contributed by atoms with Crippen LogP contribution in [0.3, 0.4) is 0 Å². The fourth-order valence-corrected chi connectivity index (χ4v) is 5.97. The van der Waals surface area contributed by atoms with Crippen LogP contribution in [-0.2, 0) is 26.2 Å². The molecular weight excluding hydrogens is 576 g/mol. The van der Waals surface area contributed by atoms with Crippen molar-refractivity contribution in [1.82, 2.24) is 10.2 Å². The number of benzene rings is 3. The number of nitrogens with one attached hydrogen (secondary N) is 1. The highest BCUT2D eigenvalue weighted by atomic mass is 35.5. The average molecular weight is 609 g/mol. The van der Waals surface area contributed by atoms with Crippen molar-refractivity contribution in [2.24, 2.45) is 0 Å². The molecule has 11 heteroatoms. The Kier molecular flexibility index (Phi) is 11.0. The summed E-state index contributed by atoms with van der Waals surface area (Å²) in [5.74, 6) is -1.56. The van der Waals surface area contributed by atoms with Crippen molar-refractivity contribution in [2.75, 3.05) is 17.4 Å². The molecule has 7 nitrogen and oxygen atoms in total. The Morgan fingerprint density at radius 3 is 2.20 bits per heavy atom. The molecule has 1 unspecified atom stereocenters. The Morgan fingerprint density at radius 1 is 0.975 bits per heavy atom. The van der Waals surface area contributed by atoms with Gasteiger partial charge in [0.15, 0.2) is 0 Å². The van der Waals surface area contributed by atoms with Gasteiger partial charge in [-0.15, -0.1) is 0 Å². The molecule has 0 aliphatic heterocycles. The molecule has 1 atom stereocenters. The van der Waals surface area contributed by atoms with E-state index in [1.807, 2.05) is 13.8 Å². The number of halogens is 3. The lowest BCUT2D eigenvalue weighted by atomic mass is 10.1. The van der Waals surface area contributed by atoms with E-state index < -0.39 is 34.3 Å². The summed E-state index contributed by atoms with van der Waals surface area (Å²) >= 11 is 12.5. The van der Waals surface area contributed by atoms with Crippen LogP contribution < -0.4 is 9.62 Å². The smallest absolute Gasteiger partial charge is 0.264 e. The summed E-state index contributed by atoms with van der Waals surface area (Å²) in [6.07, 6.45) is 0.984. The highest BCUT2D eigenvalue weighted by Gasteiger charge is 2.34. The lowest BCUT2D eigenvalue weighted by Crippen LogP contribution is -2.52. The zero-order chi connectivity index (χ0) is 29.4. The van der Waals surface area contributed by atoms with E-state index in [1.54, 1.807) is 43.3 Å². The molecule has 40 heavy (non-hydrogen) atoms. The van der Waals surface area contributed by atoms with Gasteiger partial charge in [-0.3, -0.25) is 13.9 Å². The van der Waals surface area contributed by atoms with Gasteiger partial charge >= 0.3 is 0 Å². The van der Waals surface area contributed by atoms with Crippen LogP contribution in [0, 0.1) is 12.7 Å². The maximum atomic E-state index is 14.0. The van der Waals surface area contributed by atoms with Crippen LogP contribution in [0.4, 0.5) is 10.1 Å². The van der Waals surface area contributed by atoms with Crippen LogP contribution in [0.2, 0.25) is 10.0 Å². The zero-order valence-corrected chi connectivity index (χ0v) is 24.9. The lowest BCUT2D eigenvalue weighted by molar-refractivity contribution is -0.140. The third-order valence-electron chi connectivity index (χ3n) is 6.29. The topological polar surface area (TPSA) is 86.8 Å². The number of hydrogen-bond donors (Lipinski definition) is 1. The van der Waals surface area contributed by atoms with Crippen molar-refractivity contribution in [3.05, 3.63) is 93.7 Å². The van der Waals surface area contributed by atoms with Gasteiger partial charge in [0.25, 0.3) is 10.0 Å². The number of anilines is 1. The van der Waals surface area contributed by atoms with E-state index in [0.717, 1.165) is 34.1 Å². The predicted octanol–water partition coefficient (Wildman–Crippen LogP) is 5.97. The van der Waals surface area contributed by atoms with Crippen molar-refractivity contribution < 1.29 is 22.4 Å². The fourth-order valence-electron chi connectivity index (χ4n) is 4.09. The number of carbonyl (C=O) groups is 2. The van der Waals surface area contributed by atoms with Crippen LogP contribution in [0.1, 0.15) is 37.8 Å². The number of sulfonamides is 1. The van der Waals surface area contributed by atoms with E-state index in [0.29, 0.717) is 28.6 Å². The number of nitrogens with zero attached hydrogens (tertiary/aromatic N) is 2. The number of rotatable bonds is 12. The van der Waals surface area contributed by atoms with Crippen LogP contribution in [-0.4, -0.2) is 44.3 Å². The molecule has 0 spiro atoms. The maximum absolute atomic E-state index is 14.0. The first-order valence-corrected chi connectivity index (χ1v) is 15.0. The average Bonchev–Trinajstić information content (AvgIpc) is 2.92. The van der Waals surface area contributed by atoms with Gasteiger partial charge in [0.2, 0.25) is 11.8 Å². The molecule has 1 N–H and O–H groups in total. The first-order valence-electron chi connectivity index (χ1n) is 12.8. The summed E-state index contributed by atoms with van der Waals surface area (Å²) in [7, 11) is -4.29. The SMILES string of the molecule is CCCNC(=O)C(CC)N(Cc1ccc(Cl)cc1Cl)C(=O)CN(c1ccc(C)cc1)S(=O)(=O)c1ccc(F)cc1. The summed E-state index contributed by atoms with van der Waals surface area (Å²) in [6.45, 7) is 5.31. The summed E-state index contributed by atoms with van der Waals surface area (Å²) in [5, 5.41) is 3.55. The summed E-state index contributed by atoms with van der Waals surface area (Å²) in [4.78, 5) is 28.3. The molecule has 3 aromatic rings. The highest BCUT2D eigenvalue weighted by molar-refractivity contribution is 7.92. The third kappa shape index (κ3) is 7.74. The second-order valence-electron chi connectivity index (χ2n) is 9.27. The number of carbonyl (C=O) groups excluding carboxylic acids is 2. The predicted molar refractivity (Wildman–Crippen MR) is 157 cm³/mol. The Morgan fingerprint density at radius 2 is 1.62 bits per heavy atom. The minimum atomic E-state index is -4.29. The van der Waals surface area contributed by atoms with Gasteiger partial charge in [-0.25, -0.2) is 12.8 Å². The van der Waals surface area contributed by atoms with Gasteiger partial charge in [-0.2, -0.15) is 0 Å². The summed E-state index contributed by atoms with van der Waals surface area (Å²) in [6, 6.07) is 15.0. The first kappa shape index (κ1) is 31.4. The van der Waals surface area contributed by atoms with Crippen LogP contribution in [0.25, 0.3) is 0 Å². The van der Waals surface area contributed by atoms with Crippen molar-refractivity contribution in [3.63, 3.8) is 0 Å². The van der Waals surface area contributed by atoms with Gasteiger partial charge in [0.1, 0.15) is 18.4 Å². The van der Waals surface area contributed by atoms with Gasteiger partial charge in [-0.05, 0) is 73.9 Å². The number of aryl methyl sites for hydroxylation is 1. The second-order valence-corrected chi connectivity index (χ2v) is 12.0. The molecule has 0 fully saturated rings. The van der Waals surface area contributed by atoms with Gasteiger partial charge in [0.05, 0.1) is 10.6 Å². The van der Waals surface area contributed by atoms with E-state index in [-0.39, 0.29) is 29.5 Å². The molecule has 3 aromatic carbocycles. The molecule has 0 saturated carbocycles. The molecule has 0 aliphatic rings. The molecular formula is C29H32Cl2FN3O4S. The summed E-state index contributed by atoms with van der Waals surface area (Å²) < 4.78 is 42.1. The van der Waals surface area contributed by atoms with Crippen molar-refractivity contribution in [3.8, 4) is 0 Å². The van der Waals surface area contributed by atoms with E-state index >= 15 is 0 Å². The normalized spacial score (nSPS) is 12.1. The van der Waals surface area contributed by atoms with E-state index in [1.165, 1.54) is 11.0 Å². The largest absolute Gasteiger partial charge is 0.354 e. The van der Waals surface area contributed by atoms with Crippen molar-refractivity contribution >= 4 is 50.7 Å². The van der Waals surface area contributed by atoms with E-state index in [2.05, 4.69) is 5.32 Å². The fraction of sp³-hybridized carbons (Fsp3) is 0.310. The number of hydrogen-bond acceptors (Lipinski definition) is 4. The van der Waals surface area contributed by atoms with Crippen LogP contribution in [0.15, 0.2) is 71.6 Å². The number of amides is 2. The molecule has 0 aromatic heterocycles. The van der Waals surface area contributed by atoms with Gasteiger partial charge in [0, 0.05) is 23.1 Å². The minimum absolute atomic E-state index is 0.0504. The Bertz CT molecular complexity index is 1430. The van der Waals surface area contributed by atoms with Crippen molar-refractivity contribution in [2.45, 2.75) is 51.1 Å². The van der Waals surface area contributed by atoms with Gasteiger partial charge in [-0.1, -0.05) is 60.8 Å². The molecule has 0 radical (unpaired) electrons. The Hall–Kier alpha value is -3.14. The molecule has 214 valence electrons. The molecule has 2 amide bonds. The monoisotopic (exact) mass is 607 g/mol. The Balaban J connectivity index is 2.06. The first-order chi connectivity index (χ1) is 19.0. The maximum Gasteiger partial charge on any atom is 0.264 e. The minimum Gasteiger partial charge on any atom is -0.354 e. The molecule has 0 bridgehead atoms. The van der Waals surface area contributed by atoms with Crippen LogP contribution >= 0.6 is 23.2 Å². The lowest BCUT2D eigenvalue weighted by Gasteiger charge is -2.33. The highest BCUT2D eigenvalue weighted by Crippen LogP contribution is 2.27. The Labute approximate surface area is 244 Å². The zero-order valence-electron chi connectivity index (χ0n) is 22.5. The van der Waals surface area contributed by atoms with Crippen LogP contribution in [0.5, 0.6) is 0 Å². The summed E-state index contributed by atoms with van der Waals surface area (Å²) in [5.41, 5.74) is 1.69. The molecule has 0 heterocycles. The standard InChI is InChI=1S/C29H32Cl2FN3O4S/c1-4-16-33-29(37)27(5-2)34(18-21-8-9-22(30)17-26(21)31)28(36)19-35(24-12-6-20(3)7-13-24)40(38,39)25-14-10-23(32)11-15-25/h6-15,17,27H,4-5,16,18-19H2,1-3H3,(H,33,37). The second kappa shape index (κ2) is 14.0. The molecule has 0 aliphatic carbocycles. The quantitative estimate of drug-likeness (QED) is 0.275.